The second kappa shape index (κ2) is 8.63. The van der Waals surface area contributed by atoms with Crippen LogP contribution in [0.15, 0.2) is 54.9 Å². The van der Waals surface area contributed by atoms with Crippen LogP contribution in [0.25, 0.3) is 6.08 Å². The number of ether oxygens (including phenoxy) is 1. The maximum absolute atomic E-state index is 12.4. The molecule has 1 saturated heterocycles. The number of pyridine rings is 1. The van der Waals surface area contributed by atoms with Crippen molar-refractivity contribution in [2.24, 2.45) is 0 Å². The van der Waals surface area contributed by atoms with Gasteiger partial charge < -0.3 is 15.0 Å². The van der Waals surface area contributed by atoms with Crippen LogP contribution in [-0.4, -0.2) is 41.0 Å². The molecule has 5 heteroatoms. The number of rotatable bonds is 5. The van der Waals surface area contributed by atoms with Gasteiger partial charge in [0.15, 0.2) is 0 Å². The topological polar surface area (TPSA) is 54.5 Å². The molecular formula is C21H25N3O2. The minimum atomic E-state index is 0.0575. The lowest BCUT2D eigenvalue weighted by molar-refractivity contribution is -0.127. The number of nitrogens with one attached hydrogen (secondary N) is 1. The zero-order chi connectivity index (χ0) is 18.4. The molecule has 3 rings (SSSR count). The van der Waals surface area contributed by atoms with E-state index in [1.54, 1.807) is 18.5 Å². The summed E-state index contributed by atoms with van der Waals surface area (Å²) in [7, 11) is 0. The van der Waals surface area contributed by atoms with Gasteiger partial charge >= 0.3 is 0 Å². The Morgan fingerprint density at radius 3 is 2.62 bits per heavy atom. The van der Waals surface area contributed by atoms with Crippen LogP contribution < -0.4 is 10.1 Å². The zero-order valence-corrected chi connectivity index (χ0v) is 15.3. The summed E-state index contributed by atoms with van der Waals surface area (Å²) < 4.78 is 5.75. The Labute approximate surface area is 154 Å². The summed E-state index contributed by atoms with van der Waals surface area (Å²) in [6, 6.07) is 12.2. The molecule has 1 aliphatic rings. The van der Waals surface area contributed by atoms with Crippen LogP contribution in [0, 0.1) is 0 Å². The highest BCUT2D eigenvalue weighted by atomic mass is 16.5. The van der Waals surface area contributed by atoms with Gasteiger partial charge in [0.1, 0.15) is 12.4 Å². The van der Waals surface area contributed by atoms with Gasteiger partial charge in [0.05, 0.1) is 0 Å². The van der Waals surface area contributed by atoms with Gasteiger partial charge in [0.2, 0.25) is 5.91 Å². The molecular weight excluding hydrogens is 326 g/mol. The Bertz CT molecular complexity index is 734. The highest BCUT2D eigenvalue weighted by molar-refractivity contribution is 5.91. The Hall–Kier alpha value is -2.66. The van der Waals surface area contributed by atoms with Gasteiger partial charge in [-0.05, 0) is 43.7 Å². The fourth-order valence-electron chi connectivity index (χ4n) is 3.11. The van der Waals surface area contributed by atoms with Crippen molar-refractivity contribution in [3.8, 4) is 5.75 Å². The molecule has 0 radical (unpaired) electrons. The van der Waals surface area contributed by atoms with Crippen LogP contribution in [0.5, 0.6) is 5.75 Å². The van der Waals surface area contributed by atoms with Crippen LogP contribution in [0.3, 0.4) is 0 Å². The summed E-state index contributed by atoms with van der Waals surface area (Å²) in [6.45, 7) is 6.18. The van der Waals surface area contributed by atoms with E-state index in [1.165, 1.54) is 0 Å². The zero-order valence-electron chi connectivity index (χ0n) is 15.3. The van der Waals surface area contributed by atoms with E-state index >= 15 is 0 Å². The lowest BCUT2D eigenvalue weighted by atomic mass is 10.1. The summed E-state index contributed by atoms with van der Waals surface area (Å²) in [6.07, 6.45) is 7.04. The molecule has 5 nitrogen and oxygen atoms in total. The van der Waals surface area contributed by atoms with E-state index in [0.717, 1.165) is 30.0 Å². The van der Waals surface area contributed by atoms with E-state index < -0.39 is 0 Å². The molecule has 0 spiro atoms. The van der Waals surface area contributed by atoms with Gasteiger partial charge in [-0.25, -0.2) is 0 Å². The van der Waals surface area contributed by atoms with Gasteiger partial charge in [-0.3, -0.25) is 9.78 Å². The van der Waals surface area contributed by atoms with Crippen molar-refractivity contribution in [2.75, 3.05) is 13.1 Å². The molecule has 26 heavy (non-hydrogen) atoms. The Morgan fingerprint density at radius 1 is 1.23 bits per heavy atom. The van der Waals surface area contributed by atoms with E-state index in [0.29, 0.717) is 18.7 Å². The fraction of sp³-hybridized carbons (Fsp3) is 0.333. The third-order valence-electron chi connectivity index (χ3n) is 4.30. The number of nitrogens with zero attached hydrogens (tertiary/aromatic N) is 2. The van der Waals surface area contributed by atoms with E-state index in [2.05, 4.69) is 24.1 Å². The predicted octanol–water partition coefficient (Wildman–Crippen LogP) is 2.88. The molecule has 1 aromatic carbocycles. The number of hydrogen-bond acceptors (Lipinski definition) is 4. The third kappa shape index (κ3) is 5.17. The number of carbonyl (C=O) groups is 1. The molecule has 136 valence electrons. The molecule has 1 amide bonds. The summed E-state index contributed by atoms with van der Waals surface area (Å²) >= 11 is 0. The van der Waals surface area contributed by atoms with E-state index in [-0.39, 0.29) is 5.91 Å². The number of piperazine rings is 1. The normalized spacial score (nSPS) is 20.3. The fourth-order valence-corrected chi connectivity index (χ4v) is 3.11. The molecule has 0 bridgehead atoms. The Balaban J connectivity index is 1.53. The first-order valence-electron chi connectivity index (χ1n) is 8.95. The summed E-state index contributed by atoms with van der Waals surface area (Å²) in [5.74, 6) is 0.851. The first-order valence-corrected chi connectivity index (χ1v) is 8.95. The lowest BCUT2D eigenvalue weighted by Crippen LogP contribution is -2.55. The summed E-state index contributed by atoms with van der Waals surface area (Å²) in [5, 5.41) is 3.43. The maximum Gasteiger partial charge on any atom is 0.246 e. The molecule has 1 N–H and O–H groups in total. The van der Waals surface area contributed by atoms with Crippen LogP contribution in [0.4, 0.5) is 0 Å². The van der Waals surface area contributed by atoms with Crippen molar-refractivity contribution in [1.29, 1.82) is 0 Å². The molecule has 2 aromatic rings. The molecule has 1 aliphatic heterocycles. The largest absolute Gasteiger partial charge is 0.489 e. The van der Waals surface area contributed by atoms with Gasteiger partial charge in [-0.2, -0.15) is 0 Å². The molecule has 1 aromatic heterocycles. The molecule has 2 unspecified atom stereocenters. The monoisotopic (exact) mass is 351 g/mol. The van der Waals surface area contributed by atoms with Gasteiger partial charge in [0, 0.05) is 49.2 Å². The SMILES string of the molecule is CC1CN(C(=O)C=Cc2ccc(OCc3cccnc3)cc2)CC(C)N1. The Morgan fingerprint density at radius 2 is 1.96 bits per heavy atom. The van der Waals surface area contributed by atoms with E-state index in [1.807, 2.05) is 47.4 Å². The number of aromatic nitrogens is 1. The van der Waals surface area contributed by atoms with Gasteiger partial charge in [-0.1, -0.05) is 18.2 Å². The number of amides is 1. The smallest absolute Gasteiger partial charge is 0.246 e. The van der Waals surface area contributed by atoms with Gasteiger partial charge in [-0.15, -0.1) is 0 Å². The van der Waals surface area contributed by atoms with Crippen LogP contribution in [0.2, 0.25) is 0 Å². The van der Waals surface area contributed by atoms with Crippen molar-refractivity contribution in [3.63, 3.8) is 0 Å². The lowest BCUT2D eigenvalue weighted by Gasteiger charge is -2.35. The predicted molar refractivity (Wildman–Crippen MR) is 103 cm³/mol. The average Bonchev–Trinajstić information content (AvgIpc) is 2.65. The first-order chi connectivity index (χ1) is 12.6. The molecule has 2 atom stereocenters. The average molecular weight is 351 g/mol. The molecule has 2 heterocycles. The van der Waals surface area contributed by atoms with Crippen molar-refractivity contribution in [3.05, 3.63) is 66.0 Å². The van der Waals surface area contributed by atoms with Crippen molar-refractivity contribution >= 4 is 12.0 Å². The van der Waals surface area contributed by atoms with Crippen LogP contribution in [-0.2, 0) is 11.4 Å². The van der Waals surface area contributed by atoms with Crippen LogP contribution in [0.1, 0.15) is 25.0 Å². The maximum atomic E-state index is 12.4. The highest BCUT2D eigenvalue weighted by Gasteiger charge is 2.23. The quantitative estimate of drug-likeness (QED) is 0.842. The van der Waals surface area contributed by atoms with Crippen molar-refractivity contribution in [2.45, 2.75) is 32.5 Å². The summed E-state index contributed by atoms with van der Waals surface area (Å²) in [4.78, 5) is 18.3. The second-order valence-corrected chi connectivity index (χ2v) is 6.76. The number of benzene rings is 1. The second-order valence-electron chi connectivity index (χ2n) is 6.76. The summed E-state index contributed by atoms with van der Waals surface area (Å²) in [5.41, 5.74) is 2.00. The minimum absolute atomic E-state index is 0.0575. The third-order valence-corrected chi connectivity index (χ3v) is 4.30. The van der Waals surface area contributed by atoms with Crippen LogP contribution >= 0.6 is 0 Å². The molecule has 0 aliphatic carbocycles. The van der Waals surface area contributed by atoms with E-state index in [4.69, 9.17) is 4.74 Å². The highest BCUT2D eigenvalue weighted by Crippen LogP contribution is 2.15. The Kier molecular flexibility index (Phi) is 6.02. The first kappa shape index (κ1) is 18.1. The molecule has 0 saturated carbocycles. The van der Waals surface area contributed by atoms with Crippen molar-refractivity contribution < 1.29 is 9.53 Å². The number of hydrogen-bond donors (Lipinski definition) is 1. The minimum Gasteiger partial charge on any atom is -0.489 e. The molecule has 1 fully saturated rings. The standard InChI is InChI=1S/C21H25N3O2/c1-16-13-24(14-17(2)23-16)21(25)10-7-18-5-8-20(9-6-18)26-15-19-4-3-11-22-12-19/h3-12,16-17,23H,13-15H2,1-2H3. The number of carbonyl (C=O) groups excluding carboxylic acids is 1. The van der Waals surface area contributed by atoms with E-state index in [9.17, 15) is 4.79 Å². The van der Waals surface area contributed by atoms with Crippen molar-refractivity contribution in [1.82, 2.24) is 15.2 Å². The van der Waals surface area contributed by atoms with Gasteiger partial charge in [0.25, 0.3) is 0 Å².